The van der Waals surface area contributed by atoms with Gasteiger partial charge in [-0.3, -0.25) is 4.79 Å². The van der Waals surface area contributed by atoms with Gasteiger partial charge in [-0.1, -0.05) is 0 Å². The smallest absolute Gasteiger partial charge is 0.308 e. The second-order valence-corrected chi connectivity index (χ2v) is 4.14. The Balaban J connectivity index is 2.87. The Morgan fingerprint density at radius 1 is 1.50 bits per heavy atom. The molecule has 1 aromatic rings. The first-order valence-corrected chi connectivity index (χ1v) is 5.07. The Bertz CT molecular complexity index is 363. The van der Waals surface area contributed by atoms with Crippen LogP contribution in [0.4, 0.5) is 0 Å². The number of aromatic nitrogens is 4. The normalized spacial score (nSPS) is 15.1. The van der Waals surface area contributed by atoms with Crippen LogP contribution in [0.2, 0.25) is 0 Å². The molecule has 0 bridgehead atoms. The number of hydrogen-bond donors (Lipinski definition) is 1. The van der Waals surface area contributed by atoms with Crippen LogP contribution in [0, 0.1) is 5.92 Å². The molecule has 16 heavy (non-hydrogen) atoms. The number of carboxylic acid groups (broad SMARTS) is 1. The lowest BCUT2D eigenvalue weighted by atomic mass is 10.0. The van der Waals surface area contributed by atoms with Crippen molar-refractivity contribution in [1.29, 1.82) is 0 Å². The molecule has 0 spiro atoms. The second kappa shape index (κ2) is 5.02. The van der Waals surface area contributed by atoms with Crippen LogP contribution in [0.3, 0.4) is 0 Å². The van der Waals surface area contributed by atoms with E-state index in [4.69, 9.17) is 5.11 Å². The third-order valence-corrected chi connectivity index (χ3v) is 2.52. The van der Waals surface area contributed by atoms with E-state index >= 15 is 0 Å². The minimum absolute atomic E-state index is 0.262. The summed E-state index contributed by atoms with van der Waals surface area (Å²) in [5.41, 5.74) is 0. The zero-order valence-corrected chi connectivity index (χ0v) is 9.95. The molecule has 0 saturated carbocycles. The summed E-state index contributed by atoms with van der Waals surface area (Å²) in [6.07, 6.45) is 0. The third kappa shape index (κ3) is 2.75. The zero-order valence-electron chi connectivity index (χ0n) is 9.95. The number of hydrogen-bond acceptors (Lipinski definition) is 5. The number of aliphatic carboxylic acids is 1. The summed E-state index contributed by atoms with van der Waals surface area (Å²) in [6, 6.07) is -0.262. The highest BCUT2D eigenvalue weighted by atomic mass is 16.4. The van der Waals surface area contributed by atoms with Crippen molar-refractivity contribution in [3.63, 3.8) is 0 Å². The van der Waals surface area contributed by atoms with E-state index in [0.29, 0.717) is 12.4 Å². The molecular formula is C9H17N5O2. The van der Waals surface area contributed by atoms with Crippen molar-refractivity contribution in [2.45, 2.75) is 26.4 Å². The first kappa shape index (κ1) is 12.6. The van der Waals surface area contributed by atoms with Gasteiger partial charge in [0.2, 0.25) is 0 Å². The van der Waals surface area contributed by atoms with E-state index < -0.39 is 11.9 Å². The standard InChI is InChI=1S/C9H17N5O2/c1-6(9(15)16)7(2)14-8(5-13(3)4)10-11-12-14/h6-7H,5H2,1-4H3,(H,15,16). The van der Waals surface area contributed by atoms with Gasteiger partial charge in [-0.05, 0) is 38.4 Å². The molecule has 2 unspecified atom stereocenters. The Morgan fingerprint density at radius 3 is 2.62 bits per heavy atom. The molecule has 1 N–H and O–H groups in total. The molecule has 7 nitrogen and oxygen atoms in total. The van der Waals surface area contributed by atoms with Crippen LogP contribution < -0.4 is 0 Å². The minimum Gasteiger partial charge on any atom is -0.481 e. The number of rotatable bonds is 5. The molecule has 1 rings (SSSR count). The summed E-state index contributed by atoms with van der Waals surface area (Å²) in [5, 5.41) is 20.2. The maximum Gasteiger partial charge on any atom is 0.308 e. The summed E-state index contributed by atoms with van der Waals surface area (Å²) < 4.78 is 1.57. The quantitative estimate of drug-likeness (QED) is 0.763. The maximum atomic E-state index is 10.9. The fraction of sp³-hybridized carbons (Fsp3) is 0.778. The van der Waals surface area contributed by atoms with E-state index in [1.165, 1.54) is 0 Å². The molecule has 0 aromatic carbocycles. The predicted octanol–water partition coefficient (Wildman–Crippen LogP) is 0.0164. The Morgan fingerprint density at radius 2 is 2.12 bits per heavy atom. The van der Waals surface area contributed by atoms with E-state index in [2.05, 4.69) is 15.5 Å². The molecule has 0 aliphatic carbocycles. The molecule has 90 valence electrons. The molecule has 0 amide bonds. The average Bonchev–Trinajstić information content (AvgIpc) is 2.62. The molecule has 0 radical (unpaired) electrons. The van der Waals surface area contributed by atoms with Crippen LogP contribution in [-0.2, 0) is 11.3 Å². The van der Waals surface area contributed by atoms with Crippen molar-refractivity contribution in [1.82, 2.24) is 25.1 Å². The molecular weight excluding hydrogens is 210 g/mol. The van der Waals surface area contributed by atoms with E-state index in [1.54, 1.807) is 18.5 Å². The number of tetrazole rings is 1. The summed E-state index contributed by atoms with van der Waals surface area (Å²) in [4.78, 5) is 12.8. The van der Waals surface area contributed by atoms with Gasteiger partial charge >= 0.3 is 5.97 Å². The molecule has 0 saturated heterocycles. The molecule has 2 atom stereocenters. The molecule has 0 aliphatic heterocycles. The van der Waals surface area contributed by atoms with Gasteiger partial charge in [-0.15, -0.1) is 5.10 Å². The lowest BCUT2D eigenvalue weighted by Gasteiger charge is -2.18. The first-order valence-electron chi connectivity index (χ1n) is 5.07. The average molecular weight is 227 g/mol. The number of carboxylic acids is 1. The third-order valence-electron chi connectivity index (χ3n) is 2.52. The fourth-order valence-corrected chi connectivity index (χ4v) is 1.33. The van der Waals surface area contributed by atoms with Crippen LogP contribution >= 0.6 is 0 Å². The zero-order chi connectivity index (χ0) is 12.3. The van der Waals surface area contributed by atoms with Gasteiger partial charge in [0.05, 0.1) is 18.5 Å². The van der Waals surface area contributed by atoms with Crippen LogP contribution in [0.5, 0.6) is 0 Å². The lowest BCUT2D eigenvalue weighted by molar-refractivity contribution is -0.142. The highest BCUT2D eigenvalue weighted by Gasteiger charge is 2.24. The van der Waals surface area contributed by atoms with E-state index in [1.807, 2.05) is 19.0 Å². The highest BCUT2D eigenvalue weighted by Crippen LogP contribution is 2.17. The van der Waals surface area contributed by atoms with Crippen molar-refractivity contribution in [2.75, 3.05) is 14.1 Å². The number of nitrogens with zero attached hydrogens (tertiary/aromatic N) is 5. The van der Waals surface area contributed by atoms with Gasteiger partial charge in [-0.25, -0.2) is 4.68 Å². The van der Waals surface area contributed by atoms with Gasteiger partial charge in [0.15, 0.2) is 5.82 Å². The Kier molecular flexibility index (Phi) is 3.94. The van der Waals surface area contributed by atoms with Crippen molar-refractivity contribution >= 4 is 5.97 Å². The summed E-state index contributed by atoms with van der Waals surface area (Å²) in [6.45, 7) is 4.03. The molecule has 7 heteroatoms. The lowest BCUT2D eigenvalue weighted by Crippen LogP contribution is -2.25. The van der Waals surface area contributed by atoms with Crippen LogP contribution in [0.15, 0.2) is 0 Å². The predicted molar refractivity (Wildman–Crippen MR) is 56.7 cm³/mol. The first-order chi connectivity index (χ1) is 7.43. The minimum atomic E-state index is -0.848. The number of carbonyl (C=O) groups is 1. The molecule has 1 heterocycles. The topological polar surface area (TPSA) is 84.1 Å². The van der Waals surface area contributed by atoms with Gasteiger partial charge in [-0.2, -0.15) is 0 Å². The van der Waals surface area contributed by atoms with Gasteiger partial charge < -0.3 is 10.0 Å². The maximum absolute atomic E-state index is 10.9. The van der Waals surface area contributed by atoms with Crippen LogP contribution in [-0.4, -0.2) is 50.3 Å². The Labute approximate surface area is 94.0 Å². The molecule has 0 fully saturated rings. The largest absolute Gasteiger partial charge is 0.481 e. The van der Waals surface area contributed by atoms with Crippen LogP contribution in [0.25, 0.3) is 0 Å². The summed E-state index contributed by atoms with van der Waals surface area (Å²) in [5.74, 6) is -0.700. The monoisotopic (exact) mass is 227 g/mol. The summed E-state index contributed by atoms with van der Waals surface area (Å²) in [7, 11) is 3.81. The van der Waals surface area contributed by atoms with E-state index in [0.717, 1.165) is 0 Å². The Hall–Kier alpha value is -1.50. The SMILES string of the molecule is CC(C(=O)O)C(C)n1nnnc1CN(C)C. The molecule has 0 aliphatic rings. The van der Waals surface area contributed by atoms with E-state index in [-0.39, 0.29) is 6.04 Å². The van der Waals surface area contributed by atoms with Crippen LogP contribution in [0.1, 0.15) is 25.7 Å². The van der Waals surface area contributed by atoms with E-state index in [9.17, 15) is 4.79 Å². The van der Waals surface area contributed by atoms with Crippen molar-refractivity contribution in [3.05, 3.63) is 5.82 Å². The van der Waals surface area contributed by atoms with Crippen molar-refractivity contribution in [3.8, 4) is 0 Å². The van der Waals surface area contributed by atoms with Gasteiger partial charge in [0.1, 0.15) is 0 Å². The fourth-order valence-electron chi connectivity index (χ4n) is 1.33. The highest BCUT2D eigenvalue weighted by molar-refractivity contribution is 5.70. The summed E-state index contributed by atoms with van der Waals surface area (Å²) >= 11 is 0. The van der Waals surface area contributed by atoms with Crippen molar-refractivity contribution in [2.24, 2.45) is 5.92 Å². The second-order valence-electron chi connectivity index (χ2n) is 4.14. The van der Waals surface area contributed by atoms with Gasteiger partial charge in [0, 0.05) is 0 Å². The van der Waals surface area contributed by atoms with Crippen molar-refractivity contribution < 1.29 is 9.90 Å². The molecule has 1 aromatic heterocycles. The van der Waals surface area contributed by atoms with Gasteiger partial charge in [0.25, 0.3) is 0 Å².